The number of hydrogen-bond donors (Lipinski definition) is 0. The summed E-state index contributed by atoms with van der Waals surface area (Å²) in [6.45, 7) is 3.68. The molecule has 0 aliphatic rings. The van der Waals surface area contributed by atoms with E-state index in [1.165, 1.54) is 10.6 Å². The molecule has 1 aromatic rings. The summed E-state index contributed by atoms with van der Waals surface area (Å²) in [6.07, 6.45) is 4.98. The molecule has 0 unspecified atom stereocenters. The topological polar surface area (TPSA) is 38.1 Å². The van der Waals surface area contributed by atoms with Gasteiger partial charge in [0.05, 0.1) is 5.69 Å². The Bertz CT molecular complexity index is 363. The zero-order valence-electron chi connectivity index (χ0n) is 8.98. The minimum absolute atomic E-state index is 0.0724. The van der Waals surface area contributed by atoms with Crippen molar-refractivity contribution in [1.82, 2.24) is 14.5 Å². The van der Waals surface area contributed by atoms with Crippen molar-refractivity contribution >= 4 is 5.91 Å². The summed E-state index contributed by atoms with van der Waals surface area (Å²) in [5.41, 5.74) is 0.856. The molecule has 0 atom stereocenters. The van der Waals surface area contributed by atoms with E-state index in [0.29, 0.717) is 0 Å². The molecule has 1 heterocycles. The molecule has 14 heavy (non-hydrogen) atoms. The van der Waals surface area contributed by atoms with Gasteiger partial charge in [-0.15, -0.1) is 0 Å². The summed E-state index contributed by atoms with van der Waals surface area (Å²) in [5, 5.41) is 0. The van der Waals surface area contributed by atoms with Crippen LogP contribution in [0.5, 0.6) is 0 Å². The van der Waals surface area contributed by atoms with E-state index >= 15 is 0 Å². The highest BCUT2D eigenvalue weighted by atomic mass is 16.1. The molecule has 0 saturated carbocycles. The molecule has 0 saturated heterocycles. The molecular formula is C10H15N3O. The third-order valence-electron chi connectivity index (χ3n) is 1.76. The van der Waals surface area contributed by atoms with Crippen molar-refractivity contribution in [3.63, 3.8) is 0 Å². The quantitative estimate of drug-likeness (QED) is 0.663. The molecule has 4 nitrogen and oxygen atoms in total. The van der Waals surface area contributed by atoms with Crippen LogP contribution in [-0.2, 0) is 0 Å². The number of aryl methyl sites for hydroxylation is 2. The van der Waals surface area contributed by atoms with Gasteiger partial charge in [0.15, 0.2) is 0 Å². The number of allylic oxidation sites excluding steroid dienone is 1. The van der Waals surface area contributed by atoms with Gasteiger partial charge in [0.2, 0.25) is 0 Å². The number of carbonyl (C=O) groups is 1. The van der Waals surface area contributed by atoms with E-state index in [1.54, 1.807) is 12.4 Å². The van der Waals surface area contributed by atoms with E-state index in [4.69, 9.17) is 0 Å². The van der Waals surface area contributed by atoms with E-state index in [1.807, 2.05) is 32.8 Å². The second-order valence-electron chi connectivity index (χ2n) is 3.42. The highest BCUT2D eigenvalue weighted by Crippen LogP contribution is 2.01. The molecule has 0 radical (unpaired) electrons. The van der Waals surface area contributed by atoms with Crippen molar-refractivity contribution < 1.29 is 4.79 Å². The highest BCUT2D eigenvalue weighted by Gasteiger charge is 2.05. The summed E-state index contributed by atoms with van der Waals surface area (Å²) in [4.78, 5) is 17.6. The monoisotopic (exact) mass is 193 g/mol. The van der Waals surface area contributed by atoms with Gasteiger partial charge in [0.1, 0.15) is 5.82 Å². The van der Waals surface area contributed by atoms with Crippen LogP contribution in [0.15, 0.2) is 18.5 Å². The number of carbonyl (C=O) groups excluding carboxylic acids is 1. The average molecular weight is 193 g/mol. The van der Waals surface area contributed by atoms with Crippen LogP contribution in [0.3, 0.4) is 0 Å². The predicted molar refractivity (Wildman–Crippen MR) is 55.2 cm³/mol. The summed E-state index contributed by atoms with van der Waals surface area (Å²) in [5.74, 6) is 0.646. The first-order valence-electron chi connectivity index (χ1n) is 4.42. The van der Waals surface area contributed by atoms with Crippen LogP contribution < -0.4 is 0 Å². The molecular weight excluding hydrogens is 178 g/mol. The Morgan fingerprint density at radius 3 is 2.57 bits per heavy atom. The lowest BCUT2D eigenvalue weighted by Gasteiger charge is -2.03. The maximum atomic E-state index is 11.6. The Morgan fingerprint density at radius 2 is 2.14 bits per heavy atom. The third-order valence-corrected chi connectivity index (χ3v) is 1.76. The summed E-state index contributed by atoms with van der Waals surface area (Å²) >= 11 is 0. The lowest BCUT2D eigenvalue weighted by molar-refractivity contribution is 0.0965. The van der Waals surface area contributed by atoms with Crippen molar-refractivity contribution in [2.45, 2.75) is 13.8 Å². The Labute approximate surface area is 83.9 Å². The Kier molecular flexibility index (Phi) is 3.06. The minimum atomic E-state index is -0.0724. The van der Waals surface area contributed by atoms with Crippen molar-refractivity contribution in [2.24, 2.45) is 0 Å². The number of imidazole rings is 1. The third kappa shape index (κ3) is 2.45. The first kappa shape index (κ1) is 10.5. The number of nitrogens with zero attached hydrogens (tertiary/aromatic N) is 3. The van der Waals surface area contributed by atoms with E-state index in [2.05, 4.69) is 4.98 Å². The Balaban J connectivity index is 2.85. The molecule has 1 aromatic heterocycles. The molecule has 76 valence electrons. The molecule has 0 aliphatic carbocycles. The number of hydrogen-bond acceptors (Lipinski definition) is 3. The molecule has 0 amide bonds. The van der Waals surface area contributed by atoms with Crippen molar-refractivity contribution in [3.8, 4) is 0 Å². The summed E-state index contributed by atoms with van der Waals surface area (Å²) in [6, 6.07) is 0. The fourth-order valence-corrected chi connectivity index (χ4v) is 1.13. The molecule has 0 bridgehead atoms. The van der Waals surface area contributed by atoms with Gasteiger partial charge < -0.3 is 4.90 Å². The molecule has 0 spiro atoms. The van der Waals surface area contributed by atoms with Gasteiger partial charge in [-0.1, -0.05) is 0 Å². The van der Waals surface area contributed by atoms with Gasteiger partial charge in [0, 0.05) is 32.6 Å². The number of aromatic nitrogens is 2. The first-order chi connectivity index (χ1) is 6.50. The average Bonchev–Trinajstić information content (AvgIpc) is 2.41. The van der Waals surface area contributed by atoms with Crippen molar-refractivity contribution in [2.75, 3.05) is 14.1 Å². The molecule has 4 heteroatoms. The van der Waals surface area contributed by atoms with Crippen LogP contribution in [0, 0.1) is 13.8 Å². The van der Waals surface area contributed by atoms with Crippen LogP contribution >= 0.6 is 0 Å². The molecule has 0 N–H and O–H groups in total. The van der Waals surface area contributed by atoms with Gasteiger partial charge in [0.25, 0.3) is 5.91 Å². The van der Waals surface area contributed by atoms with Gasteiger partial charge in [-0.25, -0.2) is 4.98 Å². The first-order valence-corrected chi connectivity index (χ1v) is 4.42. The highest BCUT2D eigenvalue weighted by molar-refractivity contribution is 5.90. The van der Waals surface area contributed by atoms with E-state index in [-0.39, 0.29) is 5.91 Å². The van der Waals surface area contributed by atoms with Crippen molar-refractivity contribution in [3.05, 3.63) is 30.0 Å². The van der Waals surface area contributed by atoms with Gasteiger partial charge in [-0.05, 0) is 13.8 Å². The largest absolute Gasteiger partial charge is 0.383 e. The SMILES string of the molecule is Cc1cn(C(=O)C=CN(C)C)c(C)n1. The van der Waals surface area contributed by atoms with Gasteiger partial charge in [-0.3, -0.25) is 9.36 Å². The lowest BCUT2D eigenvalue weighted by atomic mass is 10.5. The molecule has 1 rings (SSSR count). The predicted octanol–water partition coefficient (Wildman–Crippen LogP) is 1.22. The summed E-state index contributed by atoms with van der Waals surface area (Å²) in [7, 11) is 3.74. The van der Waals surface area contributed by atoms with Crippen LogP contribution in [0.1, 0.15) is 16.3 Å². The molecule has 0 aromatic carbocycles. The number of rotatable bonds is 2. The maximum Gasteiger partial charge on any atom is 0.257 e. The van der Waals surface area contributed by atoms with E-state index in [0.717, 1.165) is 11.5 Å². The second kappa shape index (κ2) is 4.09. The summed E-state index contributed by atoms with van der Waals surface area (Å²) < 4.78 is 1.54. The zero-order valence-corrected chi connectivity index (χ0v) is 8.98. The normalized spacial score (nSPS) is 10.9. The zero-order chi connectivity index (χ0) is 10.7. The smallest absolute Gasteiger partial charge is 0.257 e. The van der Waals surface area contributed by atoms with Crippen LogP contribution in [0.25, 0.3) is 0 Å². The van der Waals surface area contributed by atoms with E-state index < -0.39 is 0 Å². The maximum absolute atomic E-state index is 11.6. The Morgan fingerprint density at radius 1 is 1.50 bits per heavy atom. The molecule has 0 fully saturated rings. The Hall–Kier alpha value is -1.58. The minimum Gasteiger partial charge on any atom is -0.383 e. The second-order valence-corrected chi connectivity index (χ2v) is 3.42. The fraction of sp³-hybridized carbons (Fsp3) is 0.400. The standard InChI is InChI=1S/C10H15N3O/c1-8-7-13(9(2)11-8)10(14)5-6-12(3)4/h5-7H,1-4H3. The van der Waals surface area contributed by atoms with Gasteiger partial charge in [-0.2, -0.15) is 0 Å². The van der Waals surface area contributed by atoms with Gasteiger partial charge >= 0.3 is 0 Å². The van der Waals surface area contributed by atoms with Crippen LogP contribution in [0.4, 0.5) is 0 Å². The van der Waals surface area contributed by atoms with E-state index in [9.17, 15) is 4.79 Å². The van der Waals surface area contributed by atoms with Crippen LogP contribution in [-0.4, -0.2) is 34.5 Å². The fourth-order valence-electron chi connectivity index (χ4n) is 1.13. The van der Waals surface area contributed by atoms with Crippen LogP contribution in [0.2, 0.25) is 0 Å². The molecule has 0 aliphatic heterocycles. The van der Waals surface area contributed by atoms with Crippen molar-refractivity contribution in [1.29, 1.82) is 0 Å². The lowest BCUT2D eigenvalue weighted by Crippen LogP contribution is -2.10.